The van der Waals surface area contributed by atoms with Crippen molar-refractivity contribution in [3.05, 3.63) is 84.9 Å². The van der Waals surface area contributed by atoms with Gasteiger partial charge >= 0.3 is 5.97 Å². The topological polar surface area (TPSA) is 119 Å². The summed E-state index contributed by atoms with van der Waals surface area (Å²) in [5.41, 5.74) is -1.64. The zero-order chi connectivity index (χ0) is 21.4. The minimum absolute atomic E-state index is 0.0417. The molecule has 8 nitrogen and oxygen atoms in total. The molecule has 2 heterocycles. The molecule has 0 amide bonds. The molecule has 0 fully saturated rings. The van der Waals surface area contributed by atoms with Crippen molar-refractivity contribution in [3.8, 4) is 23.0 Å². The highest BCUT2D eigenvalue weighted by atomic mass is 35.5. The Morgan fingerprint density at radius 2 is 1.50 bits per heavy atom. The van der Waals surface area contributed by atoms with Gasteiger partial charge in [0.05, 0.1) is 15.0 Å². The quantitative estimate of drug-likeness (QED) is 0.311. The van der Waals surface area contributed by atoms with Crippen LogP contribution in [0.1, 0.15) is 27.0 Å². The molecule has 0 saturated carbocycles. The van der Waals surface area contributed by atoms with Gasteiger partial charge < -0.3 is 19.7 Å². The van der Waals surface area contributed by atoms with Gasteiger partial charge in [0.15, 0.2) is 5.60 Å². The second-order valence-corrected chi connectivity index (χ2v) is 7.54. The van der Waals surface area contributed by atoms with Crippen molar-refractivity contribution in [2.45, 2.75) is 5.60 Å². The number of carbonyl (C=O) groups is 1. The van der Waals surface area contributed by atoms with Gasteiger partial charge in [0, 0.05) is 34.9 Å². The number of phenolic OH excluding ortho intramolecular Hbond substituents is 2. The van der Waals surface area contributed by atoms with E-state index in [-0.39, 0.29) is 55.3 Å². The Kier molecular flexibility index (Phi) is 3.71. The first-order valence-corrected chi connectivity index (χ1v) is 9.24. The largest absolute Gasteiger partial charge is 0.506 e. The second kappa shape index (κ2) is 6.01. The molecular formula is C20H9Cl2NO7. The van der Waals surface area contributed by atoms with Crippen LogP contribution >= 0.6 is 23.2 Å². The first-order chi connectivity index (χ1) is 14.2. The van der Waals surface area contributed by atoms with Gasteiger partial charge in [0.1, 0.15) is 28.6 Å². The molecule has 2 aliphatic heterocycles. The van der Waals surface area contributed by atoms with Crippen LogP contribution in [0.4, 0.5) is 5.69 Å². The minimum atomic E-state index is -1.68. The number of fused-ring (bicyclic) bond motifs is 6. The molecule has 0 radical (unpaired) electrons. The van der Waals surface area contributed by atoms with Gasteiger partial charge in [-0.05, 0) is 12.1 Å². The van der Waals surface area contributed by atoms with E-state index in [1.165, 1.54) is 42.5 Å². The first kappa shape index (κ1) is 18.5. The third-order valence-electron chi connectivity index (χ3n) is 5.14. The van der Waals surface area contributed by atoms with Crippen LogP contribution in [0.15, 0.2) is 42.5 Å². The van der Waals surface area contributed by atoms with Gasteiger partial charge in [0.25, 0.3) is 5.69 Å². The zero-order valence-corrected chi connectivity index (χ0v) is 16.2. The van der Waals surface area contributed by atoms with Gasteiger partial charge in [-0.25, -0.2) is 4.79 Å². The molecule has 150 valence electrons. The lowest BCUT2D eigenvalue weighted by atomic mass is 9.77. The van der Waals surface area contributed by atoms with Crippen molar-refractivity contribution < 1.29 is 29.4 Å². The second-order valence-electron chi connectivity index (χ2n) is 6.73. The molecule has 10 heteroatoms. The van der Waals surface area contributed by atoms with Crippen LogP contribution in [0.3, 0.4) is 0 Å². The Labute approximate surface area is 178 Å². The summed E-state index contributed by atoms with van der Waals surface area (Å²) in [5, 5.41) is 31.5. The molecular weight excluding hydrogens is 437 g/mol. The molecule has 2 N–H and O–H groups in total. The highest BCUT2D eigenvalue weighted by Gasteiger charge is 2.56. The van der Waals surface area contributed by atoms with Crippen molar-refractivity contribution in [3.63, 3.8) is 0 Å². The molecule has 0 aliphatic carbocycles. The standard InChI is InChI=1S/C20H9Cl2NO7/c21-11-4-9-16(6-14(11)24)29-17-7-15(25)12(22)5-10(17)20(9)8-2-1-3-13(23(27)28)18(8)19(26)30-20/h1-7,24-25H. The van der Waals surface area contributed by atoms with E-state index in [4.69, 9.17) is 32.7 Å². The summed E-state index contributed by atoms with van der Waals surface area (Å²) in [5.74, 6) is -1.28. The Morgan fingerprint density at radius 3 is 2.03 bits per heavy atom. The van der Waals surface area contributed by atoms with Crippen molar-refractivity contribution in [2.75, 3.05) is 0 Å². The number of phenols is 2. The predicted octanol–water partition coefficient (Wildman–Crippen LogP) is 4.88. The highest BCUT2D eigenvalue weighted by molar-refractivity contribution is 6.32. The highest BCUT2D eigenvalue weighted by Crippen LogP contribution is 2.59. The van der Waals surface area contributed by atoms with E-state index in [1.54, 1.807) is 0 Å². The summed E-state index contributed by atoms with van der Waals surface area (Å²) in [6.07, 6.45) is 0. The Balaban J connectivity index is 1.94. The zero-order valence-electron chi connectivity index (χ0n) is 14.7. The lowest BCUT2D eigenvalue weighted by Gasteiger charge is -2.36. The molecule has 1 spiro atoms. The number of aromatic hydroxyl groups is 2. The minimum Gasteiger partial charge on any atom is -0.506 e. The molecule has 3 aromatic rings. The first-order valence-electron chi connectivity index (χ1n) is 8.49. The maximum Gasteiger partial charge on any atom is 0.347 e. The molecule has 3 aromatic carbocycles. The van der Waals surface area contributed by atoms with E-state index in [9.17, 15) is 25.1 Å². The normalized spacial score (nSPS) is 15.1. The summed E-state index contributed by atoms with van der Waals surface area (Å²) in [6, 6.07) is 9.34. The van der Waals surface area contributed by atoms with Gasteiger partial charge in [0.2, 0.25) is 0 Å². The third-order valence-corrected chi connectivity index (χ3v) is 5.75. The number of halogens is 2. The van der Waals surface area contributed by atoms with Crippen LogP contribution < -0.4 is 4.74 Å². The van der Waals surface area contributed by atoms with Gasteiger partial charge in [-0.3, -0.25) is 10.1 Å². The van der Waals surface area contributed by atoms with Crippen LogP contribution in [-0.2, 0) is 10.3 Å². The summed E-state index contributed by atoms with van der Waals surface area (Å²) < 4.78 is 11.6. The molecule has 5 rings (SSSR count). The smallest absolute Gasteiger partial charge is 0.347 e. The fourth-order valence-electron chi connectivity index (χ4n) is 3.91. The molecule has 2 aliphatic rings. The summed E-state index contributed by atoms with van der Waals surface area (Å²) in [7, 11) is 0. The SMILES string of the molecule is O=C1OC2(c3cc(Cl)c(O)cc3Oc3cc(O)c(Cl)cc32)c2cccc([N+](=O)[O-])c21. The molecule has 0 unspecified atom stereocenters. The fourth-order valence-corrected chi connectivity index (χ4v) is 4.24. The predicted molar refractivity (Wildman–Crippen MR) is 105 cm³/mol. The summed E-state index contributed by atoms with van der Waals surface area (Å²) >= 11 is 12.2. The lowest BCUT2D eigenvalue weighted by Crippen LogP contribution is -2.33. The Bertz CT molecular complexity index is 1250. The average Bonchev–Trinajstić information content (AvgIpc) is 2.99. The van der Waals surface area contributed by atoms with Crippen molar-refractivity contribution in [1.82, 2.24) is 0 Å². The monoisotopic (exact) mass is 445 g/mol. The van der Waals surface area contributed by atoms with Crippen molar-refractivity contribution >= 4 is 34.9 Å². The van der Waals surface area contributed by atoms with Crippen LogP contribution in [0.25, 0.3) is 0 Å². The molecule has 0 atom stereocenters. The molecule has 0 aromatic heterocycles. The van der Waals surface area contributed by atoms with E-state index in [0.717, 1.165) is 0 Å². The van der Waals surface area contributed by atoms with Gasteiger partial charge in [-0.1, -0.05) is 35.3 Å². The maximum atomic E-state index is 12.9. The van der Waals surface area contributed by atoms with E-state index in [2.05, 4.69) is 0 Å². The maximum absolute atomic E-state index is 12.9. The third kappa shape index (κ3) is 2.25. The van der Waals surface area contributed by atoms with E-state index < -0.39 is 22.2 Å². The number of hydrogen-bond acceptors (Lipinski definition) is 7. The summed E-state index contributed by atoms with van der Waals surface area (Å²) in [4.78, 5) is 23.7. The number of esters is 1. The van der Waals surface area contributed by atoms with Crippen LogP contribution in [0.2, 0.25) is 10.0 Å². The van der Waals surface area contributed by atoms with Crippen LogP contribution in [-0.4, -0.2) is 21.1 Å². The van der Waals surface area contributed by atoms with Crippen molar-refractivity contribution in [1.29, 1.82) is 0 Å². The number of hydrogen-bond donors (Lipinski definition) is 2. The van der Waals surface area contributed by atoms with E-state index in [0.29, 0.717) is 0 Å². The number of benzene rings is 3. The number of ether oxygens (including phenoxy) is 2. The Hall–Kier alpha value is -3.49. The molecule has 0 bridgehead atoms. The van der Waals surface area contributed by atoms with E-state index >= 15 is 0 Å². The van der Waals surface area contributed by atoms with E-state index in [1.807, 2.05) is 0 Å². The summed E-state index contributed by atoms with van der Waals surface area (Å²) in [6.45, 7) is 0. The number of carbonyl (C=O) groups excluding carboxylic acids is 1. The molecule has 0 saturated heterocycles. The number of nitrogens with zero attached hydrogens (tertiary/aromatic N) is 1. The number of rotatable bonds is 1. The van der Waals surface area contributed by atoms with Crippen molar-refractivity contribution in [2.24, 2.45) is 0 Å². The number of nitro groups is 1. The average molecular weight is 446 g/mol. The van der Waals surface area contributed by atoms with Crippen LogP contribution in [0.5, 0.6) is 23.0 Å². The fraction of sp³-hybridized carbons (Fsp3) is 0.0500. The number of nitro benzene ring substituents is 1. The lowest BCUT2D eigenvalue weighted by molar-refractivity contribution is -0.385. The van der Waals surface area contributed by atoms with Gasteiger partial charge in [-0.2, -0.15) is 0 Å². The van der Waals surface area contributed by atoms with Crippen LogP contribution in [0, 0.1) is 10.1 Å². The molecule has 30 heavy (non-hydrogen) atoms. The Morgan fingerprint density at radius 1 is 0.933 bits per heavy atom. The van der Waals surface area contributed by atoms with Gasteiger partial charge in [-0.15, -0.1) is 0 Å².